The van der Waals surface area contributed by atoms with Gasteiger partial charge in [-0.15, -0.1) is 0 Å². The summed E-state index contributed by atoms with van der Waals surface area (Å²) in [6.07, 6.45) is 2.04. The van der Waals surface area contributed by atoms with Crippen LogP contribution in [0.15, 0.2) is 18.2 Å². The lowest BCUT2D eigenvalue weighted by Gasteiger charge is -2.22. The van der Waals surface area contributed by atoms with E-state index in [0.717, 1.165) is 26.1 Å². The van der Waals surface area contributed by atoms with Crippen LogP contribution in [0.4, 0.5) is 4.39 Å². The van der Waals surface area contributed by atoms with Crippen molar-refractivity contribution in [3.63, 3.8) is 0 Å². The Morgan fingerprint density at radius 1 is 1.42 bits per heavy atom. The molecule has 0 bridgehead atoms. The molecule has 3 nitrogen and oxygen atoms in total. The minimum absolute atomic E-state index is 0.268. The molecule has 0 spiro atoms. The maximum absolute atomic E-state index is 13.2. The molecule has 1 aliphatic rings. The first-order chi connectivity index (χ1) is 9.16. The van der Waals surface area contributed by atoms with Crippen LogP contribution < -0.4 is 5.73 Å². The molecular weight excluding hydrogens is 265 g/mol. The van der Waals surface area contributed by atoms with E-state index in [2.05, 4.69) is 0 Å². The highest BCUT2D eigenvalue weighted by Crippen LogP contribution is 2.17. The predicted molar refractivity (Wildman–Crippen MR) is 75.5 cm³/mol. The van der Waals surface area contributed by atoms with Gasteiger partial charge >= 0.3 is 0 Å². The zero-order chi connectivity index (χ0) is 13.7. The van der Waals surface area contributed by atoms with Crippen molar-refractivity contribution in [2.75, 3.05) is 19.8 Å². The van der Waals surface area contributed by atoms with Crippen LogP contribution in [0.25, 0.3) is 0 Å². The molecule has 0 saturated carbocycles. The first kappa shape index (κ1) is 14.4. The first-order valence-electron chi connectivity index (χ1n) is 6.40. The highest BCUT2D eigenvalue weighted by atomic mass is 32.1. The normalized spacial score (nSPS) is 16.5. The lowest BCUT2D eigenvalue weighted by molar-refractivity contribution is 0.0157. The maximum atomic E-state index is 13.2. The molecule has 0 radical (unpaired) electrons. The van der Waals surface area contributed by atoms with Crippen molar-refractivity contribution in [3.05, 3.63) is 35.1 Å². The van der Waals surface area contributed by atoms with Gasteiger partial charge in [0, 0.05) is 18.8 Å². The van der Waals surface area contributed by atoms with Crippen molar-refractivity contribution in [1.82, 2.24) is 0 Å². The van der Waals surface area contributed by atoms with Gasteiger partial charge in [0.05, 0.1) is 13.2 Å². The number of hydrogen-bond donors (Lipinski definition) is 1. The second kappa shape index (κ2) is 6.93. The van der Waals surface area contributed by atoms with E-state index < -0.39 is 0 Å². The fourth-order valence-corrected chi connectivity index (χ4v) is 2.37. The summed E-state index contributed by atoms with van der Waals surface area (Å²) in [5.41, 5.74) is 7.01. The van der Waals surface area contributed by atoms with E-state index >= 15 is 0 Å². The molecule has 1 aromatic rings. The Labute approximate surface area is 117 Å². The molecule has 2 rings (SSSR count). The Kier molecular flexibility index (Phi) is 5.24. The number of rotatable bonds is 5. The Morgan fingerprint density at radius 2 is 2.16 bits per heavy atom. The van der Waals surface area contributed by atoms with Gasteiger partial charge in [0.1, 0.15) is 10.8 Å². The molecule has 0 amide bonds. The second-order valence-corrected chi connectivity index (χ2v) is 5.18. The predicted octanol–water partition coefficient (Wildman–Crippen LogP) is 2.40. The third-order valence-electron chi connectivity index (χ3n) is 3.28. The summed E-state index contributed by atoms with van der Waals surface area (Å²) in [7, 11) is 0. The lowest BCUT2D eigenvalue weighted by Crippen LogP contribution is -2.20. The zero-order valence-electron chi connectivity index (χ0n) is 10.7. The van der Waals surface area contributed by atoms with Crippen LogP contribution in [-0.4, -0.2) is 24.8 Å². The van der Waals surface area contributed by atoms with Gasteiger partial charge in [-0.3, -0.25) is 0 Å². The fourth-order valence-electron chi connectivity index (χ4n) is 2.17. The molecule has 1 fully saturated rings. The van der Waals surface area contributed by atoms with Gasteiger partial charge in [0.25, 0.3) is 0 Å². The summed E-state index contributed by atoms with van der Waals surface area (Å²) < 4.78 is 24.2. The molecule has 19 heavy (non-hydrogen) atoms. The molecule has 1 aliphatic heterocycles. The Morgan fingerprint density at radius 3 is 2.84 bits per heavy atom. The zero-order valence-corrected chi connectivity index (χ0v) is 11.5. The van der Waals surface area contributed by atoms with Crippen molar-refractivity contribution < 1.29 is 13.9 Å². The summed E-state index contributed by atoms with van der Waals surface area (Å²) in [5, 5.41) is 0. The molecule has 1 aromatic carbocycles. The van der Waals surface area contributed by atoms with Crippen LogP contribution >= 0.6 is 12.2 Å². The van der Waals surface area contributed by atoms with Gasteiger partial charge in [-0.2, -0.15) is 0 Å². The number of hydrogen-bond acceptors (Lipinski definition) is 3. The Bertz CT molecular complexity index is 447. The third-order valence-corrected chi connectivity index (χ3v) is 3.50. The average Bonchev–Trinajstić information content (AvgIpc) is 2.39. The number of ether oxygens (including phenoxy) is 2. The molecule has 104 valence electrons. The molecule has 0 atom stereocenters. The van der Waals surface area contributed by atoms with E-state index in [0.29, 0.717) is 30.3 Å². The number of thiocarbonyl (C=S) groups is 1. The van der Waals surface area contributed by atoms with E-state index in [1.807, 2.05) is 0 Å². The first-order valence-corrected chi connectivity index (χ1v) is 6.81. The van der Waals surface area contributed by atoms with E-state index in [-0.39, 0.29) is 10.8 Å². The van der Waals surface area contributed by atoms with Crippen LogP contribution in [0, 0.1) is 11.7 Å². The molecular formula is C14H18FNO2S. The monoisotopic (exact) mass is 283 g/mol. The van der Waals surface area contributed by atoms with E-state index in [1.165, 1.54) is 12.1 Å². The van der Waals surface area contributed by atoms with Crippen molar-refractivity contribution in [3.8, 4) is 0 Å². The van der Waals surface area contributed by atoms with Crippen molar-refractivity contribution in [1.29, 1.82) is 0 Å². The van der Waals surface area contributed by atoms with Gasteiger partial charge in [-0.05, 0) is 42.5 Å². The van der Waals surface area contributed by atoms with E-state index in [1.54, 1.807) is 6.07 Å². The molecule has 0 aliphatic carbocycles. The highest BCUT2D eigenvalue weighted by molar-refractivity contribution is 7.80. The fraction of sp³-hybridized carbons (Fsp3) is 0.500. The number of nitrogens with two attached hydrogens (primary N) is 1. The maximum Gasteiger partial charge on any atom is 0.123 e. The van der Waals surface area contributed by atoms with Gasteiger partial charge in [-0.25, -0.2) is 4.39 Å². The molecule has 1 heterocycles. The van der Waals surface area contributed by atoms with Crippen LogP contribution in [0.1, 0.15) is 24.0 Å². The minimum Gasteiger partial charge on any atom is -0.389 e. The molecule has 5 heteroatoms. The Hall–Kier alpha value is -1.04. The summed E-state index contributed by atoms with van der Waals surface area (Å²) >= 11 is 4.95. The smallest absolute Gasteiger partial charge is 0.123 e. The minimum atomic E-state index is -0.301. The lowest BCUT2D eigenvalue weighted by atomic mass is 10.0. The quantitative estimate of drug-likeness (QED) is 0.843. The largest absolute Gasteiger partial charge is 0.389 e. The summed E-state index contributed by atoms with van der Waals surface area (Å²) in [4.78, 5) is 0.268. The molecule has 2 N–H and O–H groups in total. The van der Waals surface area contributed by atoms with E-state index in [9.17, 15) is 4.39 Å². The topological polar surface area (TPSA) is 44.5 Å². The summed E-state index contributed by atoms with van der Waals surface area (Å²) in [5.74, 6) is 0.222. The van der Waals surface area contributed by atoms with Crippen molar-refractivity contribution in [2.24, 2.45) is 11.7 Å². The Balaban J connectivity index is 1.91. The van der Waals surface area contributed by atoms with E-state index in [4.69, 9.17) is 27.4 Å². The van der Waals surface area contributed by atoms with Crippen molar-refractivity contribution in [2.45, 2.75) is 19.4 Å². The standard InChI is InChI=1S/C14H18FNO2S/c15-12-1-2-13(14(16)19)11(7-12)9-18-8-10-3-5-17-6-4-10/h1-2,7,10H,3-6,8-9H2,(H2,16,19). The van der Waals surface area contributed by atoms with Gasteiger partial charge in [0.2, 0.25) is 0 Å². The van der Waals surface area contributed by atoms with Crippen LogP contribution in [0.2, 0.25) is 0 Å². The van der Waals surface area contributed by atoms with Gasteiger partial charge < -0.3 is 15.2 Å². The van der Waals surface area contributed by atoms with Crippen LogP contribution in [0.5, 0.6) is 0 Å². The van der Waals surface area contributed by atoms with Crippen LogP contribution in [-0.2, 0) is 16.1 Å². The number of halogens is 1. The van der Waals surface area contributed by atoms with Crippen LogP contribution in [0.3, 0.4) is 0 Å². The molecule has 0 aromatic heterocycles. The average molecular weight is 283 g/mol. The summed E-state index contributed by atoms with van der Waals surface area (Å²) in [6.45, 7) is 2.59. The molecule has 0 unspecified atom stereocenters. The SMILES string of the molecule is NC(=S)c1ccc(F)cc1COCC1CCOCC1. The second-order valence-electron chi connectivity index (χ2n) is 4.74. The number of benzene rings is 1. The van der Waals surface area contributed by atoms with Gasteiger partial charge in [-0.1, -0.05) is 12.2 Å². The highest BCUT2D eigenvalue weighted by Gasteiger charge is 2.14. The van der Waals surface area contributed by atoms with Gasteiger partial charge in [0.15, 0.2) is 0 Å². The summed E-state index contributed by atoms with van der Waals surface area (Å²) in [6, 6.07) is 4.39. The van der Waals surface area contributed by atoms with Crippen molar-refractivity contribution >= 4 is 17.2 Å². The molecule has 1 saturated heterocycles. The third kappa shape index (κ3) is 4.23.